The number of hydrogen-bond donors (Lipinski definition) is 0. The third-order valence-electron chi connectivity index (χ3n) is 2.75. The number of benzene rings is 1. The minimum absolute atomic E-state index is 0.220. The van der Waals surface area contributed by atoms with Crippen molar-refractivity contribution in [2.24, 2.45) is 0 Å². The molecular weight excluding hydrogens is 264 g/mol. The highest BCUT2D eigenvalue weighted by Crippen LogP contribution is 2.34. The highest BCUT2D eigenvalue weighted by molar-refractivity contribution is 7.17. The molecule has 0 fully saturated rings. The largest absolute Gasteiger partial charge is 0.293 e. The van der Waals surface area contributed by atoms with Crippen LogP contribution in [0.3, 0.4) is 0 Å². The maximum Gasteiger partial charge on any atom is 0.172 e. The maximum absolute atomic E-state index is 11.8. The monoisotopic (exact) mass is 278 g/mol. The van der Waals surface area contributed by atoms with Gasteiger partial charge in [-0.05, 0) is 37.6 Å². The molecule has 0 saturated heterocycles. The van der Waals surface area contributed by atoms with Gasteiger partial charge < -0.3 is 0 Å². The van der Waals surface area contributed by atoms with Gasteiger partial charge in [0, 0.05) is 21.9 Å². The molecule has 0 saturated carbocycles. The molecule has 18 heavy (non-hydrogen) atoms. The lowest BCUT2D eigenvalue weighted by Crippen LogP contribution is -1.93. The number of thiophene rings is 1. The molecule has 1 nitrogen and oxygen atoms in total. The van der Waals surface area contributed by atoms with Crippen molar-refractivity contribution >= 4 is 28.7 Å². The summed E-state index contributed by atoms with van der Waals surface area (Å²) in [6.07, 6.45) is 1.50. The third kappa shape index (κ3) is 2.82. The van der Waals surface area contributed by atoms with Crippen molar-refractivity contribution in [3.05, 3.63) is 45.8 Å². The fourth-order valence-corrected chi connectivity index (χ4v) is 3.09. The quantitative estimate of drug-likeness (QED) is 0.688. The van der Waals surface area contributed by atoms with Crippen LogP contribution in [0.4, 0.5) is 0 Å². The highest BCUT2D eigenvalue weighted by atomic mass is 35.5. The van der Waals surface area contributed by atoms with Gasteiger partial charge in [0.2, 0.25) is 0 Å². The number of Topliss-reactive ketones (excluding diaryl/α,β-unsaturated/α-hetero) is 1. The first kappa shape index (κ1) is 13.3. The minimum Gasteiger partial charge on any atom is -0.293 e. The predicted molar refractivity (Wildman–Crippen MR) is 78.7 cm³/mol. The Bertz CT molecular complexity index is 572. The second-order valence-electron chi connectivity index (χ2n) is 4.32. The van der Waals surface area contributed by atoms with E-state index in [2.05, 4.69) is 6.07 Å². The van der Waals surface area contributed by atoms with Crippen LogP contribution < -0.4 is 0 Å². The van der Waals surface area contributed by atoms with E-state index in [0.29, 0.717) is 6.42 Å². The van der Waals surface area contributed by atoms with Crippen LogP contribution in [0.25, 0.3) is 10.4 Å². The normalized spacial score (nSPS) is 10.6. The number of ketones is 1. The number of aryl methyl sites for hydroxylation is 1. The number of hydrogen-bond acceptors (Lipinski definition) is 2. The SMILES string of the molecule is CCCC(=O)c1ccc(-c2cc(C)ccc2Cl)s1. The van der Waals surface area contributed by atoms with Crippen LogP contribution in [-0.4, -0.2) is 5.78 Å². The van der Waals surface area contributed by atoms with E-state index in [1.807, 2.05) is 38.1 Å². The molecule has 1 aromatic heterocycles. The minimum atomic E-state index is 0.220. The fourth-order valence-electron chi connectivity index (χ4n) is 1.81. The summed E-state index contributed by atoms with van der Waals surface area (Å²) in [4.78, 5) is 13.7. The summed E-state index contributed by atoms with van der Waals surface area (Å²) in [7, 11) is 0. The van der Waals surface area contributed by atoms with Crippen molar-refractivity contribution in [1.82, 2.24) is 0 Å². The van der Waals surface area contributed by atoms with Crippen LogP contribution in [0.1, 0.15) is 35.0 Å². The van der Waals surface area contributed by atoms with Crippen LogP contribution in [-0.2, 0) is 0 Å². The van der Waals surface area contributed by atoms with Crippen molar-refractivity contribution in [3.63, 3.8) is 0 Å². The molecule has 94 valence electrons. The van der Waals surface area contributed by atoms with E-state index in [1.165, 1.54) is 16.9 Å². The fraction of sp³-hybridized carbons (Fsp3) is 0.267. The molecule has 1 aromatic carbocycles. The average molecular weight is 279 g/mol. The van der Waals surface area contributed by atoms with Crippen LogP contribution in [0.5, 0.6) is 0 Å². The first-order valence-electron chi connectivity index (χ1n) is 6.01. The summed E-state index contributed by atoms with van der Waals surface area (Å²) < 4.78 is 0. The Labute approximate surface area is 116 Å². The van der Waals surface area contributed by atoms with Crippen molar-refractivity contribution < 1.29 is 4.79 Å². The average Bonchev–Trinajstić information content (AvgIpc) is 2.82. The van der Waals surface area contributed by atoms with E-state index < -0.39 is 0 Å². The topological polar surface area (TPSA) is 17.1 Å². The Balaban J connectivity index is 2.35. The Morgan fingerprint density at radius 3 is 2.78 bits per heavy atom. The zero-order valence-electron chi connectivity index (χ0n) is 10.5. The van der Waals surface area contributed by atoms with Crippen molar-refractivity contribution in [2.45, 2.75) is 26.7 Å². The molecule has 0 aliphatic rings. The molecule has 0 spiro atoms. The van der Waals surface area contributed by atoms with Crippen LogP contribution in [0.15, 0.2) is 30.3 Å². The van der Waals surface area contributed by atoms with Gasteiger partial charge in [-0.25, -0.2) is 0 Å². The summed E-state index contributed by atoms with van der Waals surface area (Å²) >= 11 is 7.73. The summed E-state index contributed by atoms with van der Waals surface area (Å²) in [6, 6.07) is 9.83. The molecule has 0 bridgehead atoms. The summed E-state index contributed by atoms with van der Waals surface area (Å²) in [5.74, 6) is 0.220. The molecule has 0 atom stereocenters. The van der Waals surface area contributed by atoms with E-state index in [1.54, 1.807) is 0 Å². The van der Waals surface area contributed by atoms with Crippen LogP contribution >= 0.6 is 22.9 Å². The lowest BCUT2D eigenvalue weighted by molar-refractivity contribution is 0.0985. The van der Waals surface area contributed by atoms with Gasteiger partial charge in [0.05, 0.1) is 4.88 Å². The van der Waals surface area contributed by atoms with Crippen molar-refractivity contribution in [2.75, 3.05) is 0 Å². The summed E-state index contributed by atoms with van der Waals surface area (Å²) in [5.41, 5.74) is 2.18. The van der Waals surface area contributed by atoms with E-state index in [0.717, 1.165) is 26.8 Å². The molecular formula is C15H15ClOS. The van der Waals surface area contributed by atoms with Crippen LogP contribution in [0, 0.1) is 6.92 Å². The van der Waals surface area contributed by atoms with Gasteiger partial charge in [-0.15, -0.1) is 11.3 Å². The Hall–Kier alpha value is -1.12. The zero-order valence-corrected chi connectivity index (χ0v) is 12.1. The second kappa shape index (κ2) is 5.68. The molecule has 2 rings (SSSR count). The lowest BCUT2D eigenvalue weighted by Gasteiger charge is -2.02. The highest BCUT2D eigenvalue weighted by Gasteiger charge is 2.11. The standard InChI is InChI=1S/C15H15ClOS/c1-3-4-13(17)15-8-7-14(18-15)11-9-10(2)5-6-12(11)16/h5-9H,3-4H2,1-2H3. The Morgan fingerprint density at radius 1 is 1.28 bits per heavy atom. The molecule has 0 radical (unpaired) electrons. The zero-order chi connectivity index (χ0) is 13.1. The molecule has 2 aromatic rings. The number of halogens is 1. The van der Waals surface area contributed by atoms with E-state index in [4.69, 9.17) is 11.6 Å². The number of carbonyl (C=O) groups excluding carboxylic acids is 1. The van der Waals surface area contributed by atoms with Gasteiger partial charge in [0.15, 0.2) is 5.78 Å². The first-order chi connectivity index (χ1) is 8.61. The van der Waals surface area contributed by atoms with Gasteiger partial charge in [-0.2, -0.15) is 0 Å². The molecule has 3 heteroatoms. The predicted octanol–water partition coefficient (Wildman–Crippen LogP) is 5.36. The first-order valence-corrected chi connectivity index (χ1v) is 7.21. The van der Waals surface area contributed by atoms with Gasteiger partial charge >= 0.3 is 0 Å². The molecule has 0 aliphatic carbocycles. The van der Waals surface area contributed by atoms with Gasteiger partial charge in [-0.1, -0.05) is 30.2 Å². The van der Waals surface area contributed by atoms with E-state index >= 15 is 0 Å². The van der Waals surface area contributed by atoms with Gasteiger partial charge in [-0.3, -0.25) is 4.79 Å². The Kier molecular flexibility index (Phi) is 4.20. The maximum atomic E-state index is 11.8. The summed E-state index contributed by atoms with van der Waals surface area (Å²) in [6.45, 7) is 4.06. The van der Waals surface area contributed by atoms with Gasteiger partial charge in [0.25, 0.3) is 0 Å². The number of rotatable bonds is 4. The Morgan fingerprint density at radius 2 is 2.06 bits per heavy atom. The molecule has 0 unspecified atom stereocenters. The molecule has 0 aliphatic heterocycles. The number of carbonyl (C=O) groups is 1. The molecule has 0 N–H and O–H groups in total. The van der Waals surface area contributed by atoms with E-state index in [-0.39, 0.29) is 5.78 Å². The molecule has 1 heterocycles. The van der Waals surface area contributed by atoms with Crippen molar-refractivity contribution in [1.29, 1.82) is 0 Å². The van der Waals surface area contributed by atoms with Crippen LogP contribution in [0.2, 0.25) is 5.02 Å². The van der Waals surface area contributed by atoms with Crippen molar-refractivity contribution in [3.8, 4) is 10.4 Å². The van der Waals surface area contributed by atoms with E-state index in [9.17, 15) is 4.79 Å². The third-order valence-corrected chi connectivity index (χ3v) is 4.23. The summed E-state index contributed by atoms with van der Waals surface area (Å²) in [5, 5.41) is 0.733. The second-order valence-corrected chi connectivity index (χ2v) is 5.81. The molecule has 0 amide bonds. The smallest absolute Gasteiger partial charge is 0.172 e. The van der Waals surface area contributed by atoms with Gasteiger partial charge in [0.1, 0.15) is 0 Å². The lowest BCUT2D eigenvalue weighted by atomic mass is 10.1.